The van der Waals surface area contributed by atoms with E-state index in [-0.39, 0.29) is 0 Å². The van der Waals surface area contributed by atoms with Gasteiger partial charge in [-0.05, 0) is 31.4 Å². The minimum absolute atomic E-state index is 1.18. The third-order valence-electron chi connectivity index (χ3n) is 1.68. The summed E-state index contributed by atoms with van der Waals surface area (Å²) in [6.07, 6.45) is 0. The van der Waals surface area contributed by atoms with Crippen molar-refractivity contribution in [2.75, 3.05) is 7.05 Å². The van der Waals surface area contributed by atoms with Crippen molar-refractivity contribution in [2.45, 2.75) is 13.8 Å². The van der Waals surface area contributed by atoms with E-state index in [1.165, 1.54) is 16.2 Å². The van der Waals surface area contributed by atoms with E-state index in [0.717, 1.165) is 0 Å². The molecular formula is C7H11NS. The Balaban J connectivity index is 2.92. The molecule has 0 spiro atoms. The average Bonchev–Trinajstić information content (AvgIpc) is 1.98. The lowest BCUT2D eigenvalue weighted by molar-refractivity contribution is 0.711. The normalized spacial score (nSPS) is 19.9. The molecule has 1 aliphatic heterocycles. The Morgan fingerprint density at radius 3 is 2.11 bits per heavy atom. The zero-order chi connectivity index (χ0) is 7.02. The number of hydrogen-bond donors (Lipinski definition) is 0. The first-order chi connectivity index (χ1) is 4.13. The molecule has 0 radical (unpaired) electrons. The lowest BCUT2D eigenvalue weighted by atomic mass is 10.2. The lowest BCUT2D eigenvalue weighted by Crippen LogP contribution is -1.99. The fourth-order valence-corrected chi connectivity index (χ4v) is 1.63. The molecule has 0 unspecified atom stereocenters. The van der Waals surface area contributed by atoms with E-state index in [9.17, 15) is 0 Å². The minimum Gasteiger partial charge on any atom is -0.319 e. The van der Waals surface area contributed by atoms with Crippen molar-refractivity contribution in [3.8, 4) is 0 Å². The van der Waals surface area contributed by atoms with Crippen molar-refractivity contribution in [3.63, 3.8) is 0 Å². The zero-order valence-electron chi connectivity index (χ0n) is 6.06. The number of hydrogen-bond acceptors (Lipinski definition) is 2. The highest BCUT2D eigenvalue weighted by molar-refractivity contribution is 8.01. The maximum Gasteiger partial charge on any atom is 0.0261 e. The first kappa shape index (κ1) is 6.75. The van der Waals surface area contributed by atoms with Crippen molar-refractivity contribution >= 4 is 11.9 Å². The van der Waals surface area contributed by atoms with Crippen LogP contribution in [0.5, 0.6) is 0 Å². The van der Waals surface area contributed by atoms with E-state index < -0.39 is 0 Å². The van der Waals surface area contributed by atoms with Crippen LogP contribution in [0.1, 0.15) is 13.8 Å². The molecular weight excluding hydrogens is 130 g/mol. The van der Waals surface area contributed by atoms with Crippen LogP contribution < -0.4 is 0 Å². The van der Waals surface area contributed by atoms with Gasteiger partial charge in [-0.1, -0.05) is 6.58 Å². The van der Waals surface area contributed by atoms with Crippen molar-refractivity contribution in [1.82, 2.24) is 4.31 Å². The van der Waals surface area contributed by atoms with Crippen LogP contribution in [-0.2, 0) is 0 Å². The van der Waals surface area contributed by atoms with Gasteiger partial charge in [0.05, 0.1) is 0 Å². The SMILES string of the molecule is C=C1SN(C)C(C)=C1C. The molecule has 9 heavy (non-hydrogen) atoms. The van der Waals surface area contributed by atoms with Gasteiger partial charge in [0.1, 0.15) is 0 Å². The van der Waals surface area contributed by atoms with E-state index in [0.29, 0.717) is 0 Å². The van der Waals surface area contributed by atoms with E-state index in [4.69, 9.17) is 0 Å². The van der Waals surface area contributed by atoms with Crippen LogP contribution in [-0.4, -0.2) is 11.4 Å². The Hall–Kier alpha value is -0.370. The molecule has 0 amide bonds. The summed E-state index contributed by atoms with van der Waals surface area (Å²) in [5, 5.41) is 0. The van der Waals surface area contributed by atoms with Crippen molar-refractivity contribution in [2.24, 2.45) is 0 Å². The topological polar surface area (TPSA) is 3.24 Å². The molecule has 0 aliphatic carbocycles. The fraction of sp³-hybridized carbons (Fsp3) is 0.429. The van der Waals surface area contributed by atoms with Crippen LogP contribution in [0.3, 0.4) is 0 Å². The second-order valence-electron chi connectivity index (χ2n) is 2.22. The summed E-state index contributed by atoms with van der Waals surface area (Å²) in [7, 11) is 2.06. The molecule has 1 rings (SSSR count). The van der Waals surface area contributed by atoms with Crippen LogP contribution >= 0.6 is 11.9 Å². The molecule has 0 saturated carbocycles. The van der Waals surface area contributed by atoms with Crippen LogP contribution in [0.25, 0.3) is 0 Å². The number of nitrogens with zero attached hydrogens (tertiary/aromatic N) is 1. The molecule has 0 aromatic carbocycles. The Kier molecular flexibility index (Phi) is 1.58. The predicted octanol–water partition coefficient (Wildman–Crippen LogP) is 2.39. The summed E-state index contributed by atoms with van der Waals surface area (Å²) in [6, 6.07) is 0. The van der Waals surface area contributed by atoms with E-state index in [2.05, 4.69) is 31.8 Å². The first-order valence-corrected chi connectivity index (χ1v) is 3.68. The number of allylic oxidation sites excluding steroid dienone is 2. The van der Waals surface area contributed by atoms with Crippen LogP contribution in [0, 0.1) is 0 Å². The third kappa shape index (κ3) is 0.990. The summed E-state index contributed by atoms with van der Waals surface area (Å²) in [5.41, 5.74) is 2.65. The molecule has 1 nitrogen and oxygen atoms in total. The van der Waals surface area contributed by atoms with Gasteiger partial charge in [0, 0.05) is 17.6 Å². The van der Waals surface area contributed by atoms with E-state index in [1.807, 2.05) is 0 Å². The first-order valence-electron chi connectivity index (χ1n) is 2.91. The van der Waals surface area contributed by atoms with Gasteiger partial charge in [-0.25, -0.2) is 0 Å². The summed E-state index contributed by atoms with van der Waals surface area (Å²) < 4.78 is 2.14. The van der Waals surface area contributed by atoms with Gasteiger partial charge < -0.3 is 4.31 Å². The average molecular weight is 141 g/mol. The molecule has 0 N–H and O–H groups in total. The van der Waals surface area contributed by atoms with E-state index >= 15 is 0 Å². The highest BCUT2D eigenvalue weighted by Gasteiger charge is 2.15. The summed E-state index contributed by atoms with van der Waals surface area (Å²) >= 11 is 1.70. The van der Waals surface area contributed by atoms with Crippen molar-refractivity contribution in [1.29, 1.82) is 0 Å². The monoisotopic (exact) mass is 141 g/mol. The molecule has 1 heterocycles. The Morgan fingerprint density at radius 2 is 2.00 bits per heavy atom. The van der Waals surface area contributed by atoms with Gasteiger partial charge in [-0.15, -0.1) is 0 Å². The molecule has 1 aliphatic rings. The molecule has 0 fully saturated rings. The fourth-order valence-electron chi connectivity index (χ4n) is 0.740. The summed E-state index contributed by atoms with van der Waals surface area (Å²) in [4.78, 5) is 1.18. The highest BCUT2D eigenvalue weighted by Crippen LogP contribution is 2.37. The highest BCUT2D eigenvalue weighted by atomic mass is 32.2. The molecule has 2 heteroatoms. The molecule has 0 saturated heterocycles. The maximum absolute atomic E-state index is 3.90. The van der Waals surface area contributed by atoms with Gasteiger partial charge in [0.25, 0.3) is 0 Å². The largest absolute Gasteiger partial charge is 0.319 e. The smallest absolute Gasteiger partial charge is 0.0261 e. The lowest BCUT2D eigenvalue weighted by Gasteiger charge is -2.08. The Labute approximate surface area is 60.6 Å². The molecule has 0 atom stereocenters. The van der Waals surface area contributed by atoms with E-state index in [1.54, 1.807) is 11.9 Å². The third-order valence-corrected chi connectivity index (χ3v) is 2.75. The maximum atomic E-state index is 3.90. The summed E-state index contributed by atoms with van der Waals surface area (Å²) in [5.74, 6) is 0. The van der Waals surface area contributed by atoms with Crippen molar-refractivity contribution < 1.29 is 0 Å². The Bertz CT molecular complexity index is 181. The van der Waals surface area contributed by atoms with Crippen LogP contribution in [0.2, 0.25) is 0 Å². The number of rotatable bonds is 0. The molecule has 50 valence electrons. The van der Waals surface area contributed by atoms with Gasteiger partial charge in [-0.2, -0.15) is 0 Å². The summed E-state index contributed by atoms with van der Waals surface area (Å²) in [6.45, 7) is 8.12. The zero-order valence-corrected chi connectivity index (χ0v) is 6.88. The predicted molar refractivity (Wildman–Crippen MR) is 42.9 cm³/mol. The molecule has 0 aromatic heterocycles. The molecule has 0 bridgehead atoms. The van der Waals surface area contributed by atoms with Gasteiger partial charge >= 0.3 is 0 Å². The Morgan fingerprint density at radius 1 is 1.44 bits per heavy atom. The van der Waals surface area contributed by atoms with Crippen LogP contribution in [0.15, 0.2) is 22.8 Å². The van der Waals surface area contributed by atoms with Gasteiger partial charge in [0.15, 0.2) is 0 Å². The second kappa shape index (κ2) is 2.10. The van der Waals surface area contributed by atoms with Crippen LogP contribution in [0.4, 0.5) is 0 Å². The van der Waals surface area contributed by atoms with Gasteiger partial charge in [-0.3, -0.25) is 0 Å². The second-order valence-corrected chi connectivity index (χ2v) is 3.45. The minimum atomic E-state index is 1.18. The molecule has 0 aromatic rings. The van der Waals surface area contributed by atoms with Crippen molar-refractivity contribution in [3.05, 3.63) is 22.8 Å². The standard InChI is InChI=1S/C7H11NS/c1-5-6(2)8(4)9-7(5)3/h3H2,1-2,4H3. The quantitative estimate of drug-likeness (QED) is 0.476. The van der Waals surface area contributed by atoms with Gasteiger partial charge in [0.2, 0.25) is 0 Å².